The summed E-state index contributed by atoms with van der Waals surface area (Å²) in [5.41, 5.74) is 0. The summed E-state index contributed by atoms with van der Waals surface area (Å²) in [7, 11) is -2.28. The van der Waals surface area contributed by atoms with Crippen molar-refractivity contribution < 1.29 is 4.57 Å². The van der Waals surface area contributed by atoms with Crippen LogP contribution in [-0.4, -0.2) is 24.9 Å². The van der Waals surface area contributed by atoms with Gasteiger partial charge < -0.3 is 4.57 Å². The van der Waals surface area contributed by atoms with Crippen LogP contribution >= 0.6 is 151 Å². The monoisotopic (exact) mass is 877 g/mol. The lowest BCUT2D eigenvalue weighted by Crippen LogP contribution is -2.13. The van der Waals surface area contributed by atoms with Gasteiger partial charge in [-0.05, 0) is 19.3 Å². The Kier molecular flexibility index (Phi) is 12.3. The molecule has 0 saturated heterocycles. The first kappa shape index (κ1) is 24.6. The third-order valence-corrected chi connectivity index (χ3v) is 9.09. The Morgan fingerprint density at radius 1 is 0.550 bits per heavy atom. The maximum absolute atomic E-state index is 13.2. The molecule has 0 radical (unpaired) electrons. The molecule has 0 aliphatic rings. The fourth-order valence-corrected chi connectivity index (χ4v) is 8.77. The van der Waals surface area contributed by atoms with Gasteiger partial charge in [-0.2, -0.15) is 0 Å². The van der Waals surface area contributed by atoms with Crippen LogP contribution in [0.15, 0.2) is 0 Å². The number of hydrogen-bond donors (Lipinski definition) is 0. The molecule has 0 aliphatic carbocycles. The van der Waals surface area contributed by atoms with Crippen molar-refractivity contribution in [3.05, 3.63) is 0 Å². The number of hydrogen-bond acceptors (Lipinski definition) is 1. The van der Waals surface area contributed by atoms with Crippen molar-refractivity contribution in [2.75, 3.05) is 18.5 Å². The third kappa shape index (κ3) is 16.0. The molecular formula is C9H12Br9OP. The van der Waals surface area contributed by atoms with Gasteiger partial charge in [0.15, 0.2) is 0 Å². The van der Waals surface area contributed by atoms with E-state index in [0.29, 0.717) is 18.5 Å². The summed E-state index contributed by atoms with van der Waals surface area (Å²) in [5.74, 6) is 0. The van der Waals surface area contributed by atoms with Gasteiger partial charge in [-0.15, -0.1) is 0 Å². The van der Waals surface area contributed by atoms with Crippen molar-refractivity contribution in [2.45, 2.75) is 25.7 Å². The highest BCUT2D eigenvalue weighted by atomic mass is 80.0. The average molecular weight is 886 g/mol. The van der Waals surface area contributed by atoms with Gasteiger partial charge in [0, 0.05) is 18.5 Å². The third-order valence-electron chi connectivity index (χ3n) is 2.41. The predicted molar refractivity (Wildman–Crippen MR) is 125 cm³/mol. The van der Waals surface area contributed by atoms with Gasteiger partial charge in [0.05, 0.1) is 7.14 Å². The molecule has 0 aromatic carbocycles. The summed E-state index contributed by atoms with van der Waals surface area (Å²) in [6, 6.07) is 0. The molecule has 1 nitrogen and oxygen atoms in total. The van der Waals surface area contributed by atoms with Gasteiger partial charge in [0.2, 0.25) is 0 Å². The molecule has 122 valence electrons. The van der Waals surface area contributed by atoms with E-state index in [0.717, 1.165) is 19.3 Å². The van der Waals surface area contributed by atoms with E-state index >= 15 is 0 Å². The highest BCUT2D eigenvalue weighted by molar-refractivity contribution is 9.40. The van der Waals surface area contributed by atoms with E-state index in [1.54, 1.807) is 0 Å². The molecule has 20 heavy (non-hydrogen) atoms. The van der Waals surface area contributed by atoms with Crippen molar-refractivity contribution in [2.24, 2.45) is 0 Å². The standard InChI is InChI=1S/C9H12Br9OP/c10-7(11,12)1-4-20(19,5-2-8(13,14)15)6-3-9(16,17)18/h1-6H2. The van der Waals surface area contributed by atoms with Gasteiger partial charge >= 0.3 is 0 Å². The molecule has 11 heteroatoms. The van der Waals surface area contributed by atoms with Gasteiger partial charge in [0.25, 0.3) is 0 Å². The molecule has 0 aliphatic heterocycles. The highest BCUT2D eigenvalue weighted by Crippen LogP contribution is 2.55. The van der Waals surface area contributed by atoms with Crippen LogP contribution in [0.5, 0.6) is 0 Å². The summed E-state index contributed by atoms with van der Waals surface area (Å²) in [5, 5.41) is 0. The predicted octanol–water partition coefficient (Wildman–Crippen LogP) is 9.04. The van der Waals surface area contributed by atoms with Crippen molar-refractivity contribution in [1.29, 1.82) is 0 Å². The van der Waals surface area contributed by atoms with Crippen LogP contribution < -0.4 is 0 Å². The van der Waals surface area contributed by atoms with Crippen LogP contribution in [0.4, 0.5) is 0 Å². The Bertz CT molecular complexity index is 288. The molecule has 0 aromatic heterocycles. The van der Waals surface area contributed by atoms with Crippen LogP contribution in [-0.2, 0) is 4.57 Å². The first-order chi connectivity index (χ1) is 8.62. The number of halogens is 9. The zero-order valence-electron chi connectivity index (χ0n) is 10.00. The van der Waals surface area contributed by atoms with Crippen LogP contribution in [0.25, 0.3) is 0 Å². The van der Waals surface area contributed by atoms with Gasteiger partial charge in [0.1, 0.15) is 6.43 Å². The second-order valence-electron chi connectivity index (χ2n) is 4.32. The fourth-order valence-electron chi connectivity index (χ4n) is 1.33. The Morgan fingerprint density at radius 2 is 0.750 bits per heavy atom. The highest BCUT2D eigenvalue weighted by Gasteiger charge is 2.32. The van der Waals surface area contributed by atoms with Crippen LogP contribution in [0.3, 0.4) is 0 Å². The molecular weight excluding hydrogens is 874 g/mol. The minimum atomic E-state index is -2.28. The van der Waals surface area contributed by atoms with E-state index in [4.69, 9.17) is 0 Å². The lowest BCUT2D eigenvalue weighted by Gasteiger charge is -2.24. The van der Waals surface area contributed by atoms with Crippen molar-refractivity contribution in [1.82, 2.24) is 0 Å². The summed E-state index contributed by atoms with van der Waals surface area (Å²) in [6.45, 7) is 0. The van der Waals surface area contributed by atoms with Crippen LogP contribution in [0.2, 0.25) is 0 Å². The zero-order valence-corrected chi connectivity index (χ0v) is 25.2. The Balaban J connectivity index is 4.71. The van der Waals surface area contributed by atoms with E-state index < -0.39 is 7.14 Å². The molecule has 0 unspecified atom stereocenters. The van der Waals surface area contributed by atoms with E-state index in [9.17, 15) is 4.57 Å². The van der Waals surface area contributed by atoms with E-state index in [2.05, 4.69) is 143 Å². The maximum atomic E-state index is 13.2. The molecule has 0 bridgehead atoms. The second-order valence-corrected chi connectivity index (χ2v) is 29.5. The van der Waals surface area contributed by atoms with Crippen molar-refractivity contribution >= 4 is 151 Å². The van der Waals surface area contributed by atoms with Crippen LogP contribution in [0.1, 0.15) is 19.3 Å². The maximum Gasteiger partial charge on any atom is 0.135 e. The normalized spacial score (nSPS) is 14.7. The Labute approximate surface area is 196 Å². The first-order valence-corrected chi connectivity index (χ1v) is 14.8. The number of rotatable bonds is 6. The number of alkyl halides is 9. The molecule has 0 spiro atoms. The van der Waals surface area contributed by atoms with Crippen molar-refractivity contribution in [3.63, 3.8) is 0 Å². The molecule has 0 atom stereocenters. The van der Waals surface area contributed by atoms with Crippen LogP contribution in [0, 0.1) is 0 Å². The zero-order chi connectivity index (χ0) is 16.2. The van der Waals surface area contributed by atoms with Crippen molar-refractivity contribution in [3.8, 4) is 0 Å². The summed E-state index contributed by atoms with van der Waals surface area (Å²) in [6.07, 6.45) is 4.22. The van der Waals surface area contributed by atoms with E-state index in [1.165, 1.54) is 0 Å². The van der Waals surface area contributed by atoms with Gasteiger partial charge in [-0.3, -0.25) is 0 Å². The van der Waals surface area contributed by atoms with E-state index in [1.807, 2.05) is 0 Å². The summed E-state index contributed by atoms with van der Waals surface area (Å²) < 4.78 is 12.1. The van der Waals surface area contributed by atoms with Gasteiger partial charge in [-0.1, -0.05) is 143 Å². The SMILES string of the molecule is O=P(CCC(Br)(Br)Br)(CCC(Br)(Br)Br)CCC(Br)(Br)Br. The minimum Gasteiger partial charge on any atom is -0.324 e. The first-order valence-electron chi connectivity index (χ1n) is 5.39. The smallest absolute Gasteiger partial charge is 0.135 e. The Morgan fingerprint density at radius 3 is 0.900 bits per heavy atom. The quantitative estimate of drug-likeness (QED) is 0.192. The topological polar surface area (TPSA) is 17.1 Å². The molecule has 0 aromatic rings. The summed E-state index contributed by atoms with van der Waals surface area (Å²) >= 11 is 31.2. The van der Waals surface area contributed by atoms with Gasteiger partial charge in [-0.25, -0.2) is 0 Å². The lowest BCUT2D eigenvalue weighted by molar-refractivity contribution is 0.570. The Hall–Kier alpha value is 4.55. The molecule has 0 heterocycles. The molecule has 0 saturated carbocycles. The molecule has 0 amide bonds. The molecule has 0 rings (SSSR count). The molecule has 0 N–H and O–H groups in total. The largest absolute Gasteiger partial charge is 0.324 e. The fraction of sp³-hybridized carbons (Fsp3) is 1.00. The summed E-state index contributed by atoms with van der Waals surface area (Å²) in [4.78, 5) is 0. The second kappa shape index (κ2) is 10.0. The minimum absolute atomic E-state index is 0.342. The molecule has 0 fully saturated rings. The lowest BCUT2D eigenvalue weighted by atomic mass is 10.5. The average Bonchev–Trinajstić information content (AvgIpc) is 2.18. The van der Waals surface area contributed by atoms with E-state index in [-0.39, 0.29) is 6.43 Å².